The Balaban J connectivity index is 2.49. The van der Waals surface area contributed by atoms with Gasteiger partial charge in [0.25, 0.3) is 0 Å². The normalized spacial score (nSPS) is 11.2. The van der Waals surface area contributed by atoms with Crippen LogP contribution < -0.4 is 5.73 Å². The number of hydrogen-bond donors (Lipinski definition) is 2. The smallest absolute Gasteiger partial charge is 0.193 e. The van der Waals surface area contributed by atoms with Gasteiger partial charge in [0, 0.05) is 16.7 Å². The molecular weight excluding hydrogens is 228 g/mol. The second-order valence-electron chi connectivity index (χ2n) is 3.73. The van der Waals surface area contributed by atoms with E-state index < -0.39 is 0 Å². The molecule has 0 spiro atoms. The van der Waals surface area contributed by atoms with Gasteiger partial charge in [0.1, 0.15) is 0 Å². The van der Waals surface area contributed by atoms with E-state index in [4.69, 9.17) is 10.9 Å². The van der Waals surface area contributed by atoms with Crippen LogP contribution in [-0.4, -0.2) is 16.8 Å². The van der Waals surface area contributed by atoms with Gasteiger partial charge in [-0.25, -0.2) is 0 Å². The fraction of sp³-hybridized carbons (Fsp3) is 0. The molecule has 0 unspecified atom stereocenters. The van der Waals surface area contributed by atoms with Gasteiger partial charge in [-0.1, -0.05) is 59.8 Å². The zero-order chi connectivity index (χ0) is 13.0. The van der Waals surface area contributed by atoms with E-state index in [0.717, 1.165) is 0 Å². The minimum Gasteiger partial charge on any atom is -0.409 e. The van der Waals surface area contributed by atoms with E-state index in [2.05, 4.69) is 5.16 Å². The zero-order valence-electron chi connectivity index (χ0n) is 9.58. The highest BCUT2D eigenvalue weighted by Gasteiger charge is 2.14. The summed E-state index contributed by atoms with van der Waals surface area (Å²) in [5, 5.41) is 11.7. The summed E-state index contributed by atoms with van der Waals surface area (Å²) in [4.78, 5) is 12.3. The fourth-order valence-electron chi connectivity index (χ4n) is 1.70. The molecule has 18 heavy (non-hydrogen) atoms. The van der Waals surface area contributed by atoms with Crippen LogP contribution in [0.4, 0.5) is 0 Å². The number of nitrogens with two attached hydrogens (primary N) is 1. The summed E-state index contributed by atoms with van der Waals surface area (Å²) < 4.78 is 0. The van der Waals surface area contributed by atoms with Crippen LogP contribution in [0.5, 0.6) is 0 Å². The summed E-state index contributed by atoms with van der Waals surface area (Å²) in [6.07, 6.45) is 0. The summed E-state index contributed by atoms with van der Waals surface area (Å²) in [5.41, 5.74) is 6.96. The lowest BCUT2D eigenvalue weighted by Crippen LogP contribution is -2.18. The van der Waals surface area contributed by atoms with Crippen molar-refractivity contribution in [3.63, 3.8) is 0 Å². The van der Waals surface area contributed by atoms with Gasteiger partial charge in [-0.05, 0) is 0 Å². The Hall–Kier alpha value is -2.62. The zero-order valence-corrected chi connectivity index (χ0v) is 9.58. The van der Waals surface area contributed by atoms with Crippen LogP contribution in [0.25, 0.3) is 0 Å². The third-order valence-corrected chi connectivity index (χ3v) is 2.59. The van der Waals surface area contributed by atoms with E-state index >= 15 is 0 Å². The number of rotatable bonds is 3. The Kier molecular flexibility index (Phi) is 3.38. The number of carbonyl (C=O) groups is 1. The maximum atomic E-state index is 12.3. The van der Waals surface area contributed by atoms with Crippen LogP contribution in [0, 0.1) is 0 Å². The lowest BCUT2D eigenvalue weighted by atomic mass is 9.98. The van der Waals surface area contributed by atoms with E-state index in [9.17, 15) is 4.79 Å². The first-order valence-corrected chi connectivity index (χ1v) is 5.40. The first-order chi connectivity index (χ1) is 8.74. The van der Waals surface area contributed by atoms with Crippen LogP contribution in [0.2, 0.25) is 0 Å². The predicted molar refractivity (Wildman–Crippen MR) is 68.8 cm³/mol. The largest absolute Gasteiger partial charge is 0.409 e. The molecule has 2 aromatic carbocycles. The van der Waals surface area contributed by atoms with Gasteiger partial charge in [0.05, 0.1) is 0 Å². The summed E-state index contributed by atoms with van der Waals surface area (Å²) in [7, 11) is 0. The van der Waals surface area contributed by atoms with Crippen molar-refractivity contribution >= 4 is 11.6 Å². The molecule has 0 bridgehead atoms. The van der Waals surface area contributed by atoms with E-state index in [0.29, 0.717) is 16.7 Å². The quantitative estimate of drug-likeness (QED) is 0.283. The third kappa shape index (κ3) is 2.22. The monoisotopic (exact) mass is 240 g/mol. The lowest BCUT2D eigenvalue weighted by Gasteiger charge is -2.07. The third-order valence-electron chi connectivity index (χ3n) is 2.59. The van der Waals surface area contributed by atoms with E-state index in [-0.39, 0.29) is 11.6 Å². The fourth-order valence-corrected chi connectivity index (χ4v) is 1.70. The molecule has 0 heterocycles. The molecule has 2 aromatic rings. The molecule has 90 valence electrons. The number of carbonyl (C=O) groups excluding carboxylic acids is 1. The van der Waals surface area contributed by atoms with Gasteiger partial charge in [0.15, 0.2) is 11.6 Å². The van der Waals surface area contributed by atoms with Gasteiger partial charge < -0.3 is 10.9 Å². The highest BCUT2D eigenvalue weighted by atomic mass is 16.4. The summed E-state index contributed by atoms with van der Waals surface area (Å²) >= 11 is 0. The summed E-state index contributed by atoms with van der Waals surface area (Å²) in [6, 6.07) is 15.6. The minimum atomic E-state index is -0.155. The van der Waals surface area contributed by atoms with Crippen molar-refractivity contribution in [1.82, 2.24) is 0 Å². The standard InChI is InChI=1S/C14H12N2O2/c15-14(16-18)12-9-5-4-8-11(12)13(17)10-6-2-1-3-7-10/h1-9,18H,(H2,15,16). The number of amidine groups is 1. The molecule has 0 radical (unpaired) electrons. The maximum Gasteiger partial charge on any atom is 0.193 e. The van der Waals surface area contributed by atoms with Gasteiger partial charge >= 0.3 is 0 Å². The van der Waals surface area contributed by atoms with Crippen molar-refractivity contribution in [2.75, 3.05) is 0 Å². The average molecular weight is 240 g/mol. The predicted octanol–water partition coefficient (Wildman–Crippen LogP) is 2.01. The molecule has 4 heteroatoms. The number of benzene rings is 2. The molecule has 3 N–H and O–H groups in total. The molecule has 0 atom stereocenters. The summed E-state index contributed by atoms with van der Waals surface area (Å²) in [5.74, 6) is -0.229. The lowest BCUT2D eigenvalue weighted by molar-refractivity contribution is 0.103. The second-order valence-corrected chi connectivity index (χ2v) is 3.73. The van der Waals surface area contributed by atoms with Crippen molar-refractivity contribution in [3.8, 4) is 0 Å². The Labute approximate surface area is 104 Å². The number of hydrogen-bond acceptors (Lipinski definition) is 3. The highest BCUT2D eigenvalue weighted by molar-refractivity contribution is 6.15. The molecule has 0 amide bonds. The Morgan fingerprint density at radius 3 is 2.11 bits per heavy atom. The first-order valence-electron chi connectivity index (χ1n) is 5.40. The minimum absolute atomic E-state index is 0.0742. The molecule has 0 fully saturated rings. The van der Waals surface area contributed by atoms with E-state index in [1.807, 2.05) is 6.07 Å². The van der Waals surface area contributed by atoms with Crippen molar-refractivity contribution in [2.45, 2.75) is 0 Å². The average Bonchev–Trinajstić information content (AvgIpc) is 2.46. The maximum absolute atomic E-state index is 12.3. The van der Waals surface area contributed by atoms with E-state index in [1.54, 1.807) is 48.5 Å². The Bertz CT molecular complexity index is 592. The highest BCUT2D eigenvalue weighted by Crippen LogP contribution is 2.14. The molecule has 0 saturated carbocycles. The topological polar surface area (TPSA) is 75.7 Å². The Morgan fingerprint density at radius 1 is 0.944 bits per heavy atom. The van der Waals surface area contributed by atoms with Crippen LogP contribution >= 0.6 is 0 Å². The molecule has 0 aliphatic carbocycles. The SMILES string of the molecule is NC(=NO)c1ccccc1C(=O)c1ccccc1. The van der Waals surface area contributed by atoms with Gasteiger partial charge in [-0.2, -0.15) is 0 Å². The molecule has 0 aromatic heterocycles. The van der Waals surface area contributed by atoms with Crippen molar-refractivity contribution in [2.24, 2.45) is 10.9 Å². The van der Waals surface area contributed by atoms with Gasteiger partial charge in [-0.15, -0.1) is 0 Å². The van der Waals surface area contributed by atoms with Crippen LogP contribution in [0.15, 0.2) is 59.8 Å². The molecule has 0 aliphatic heterocycles. The van der Waals surface area contributed by atoms with Crippen molar-refractivity contribution in [1.29, 1.82) is 0 Å². The number of ketones is 1. The molecule has 0 aliphatic rings. The van der Waals surface area contributed by atoms with Crippen LogP contribution in [-0.2, 0) is 0 Å². The summed E-state index contributed by atoms with van der Waals surface area (Å²) in [6.45, 7) is 0. The van der Waals surface area contributed by atoms with Crippen LogP contribution in [0.1, 0.15) is 21.5 Å². The number of oxime groups is 1. The van der Waals surface area contributed by atoms with Crippen molar-refractivity contribution < 1.29 is 10.0 Å². The first kappa shape index (κ1) is 11.9. The van der Waals surface area contributed by atoms with E-state index in [1.165, 1.54) is 0 Å². The van der Waals surface area contributed by atoms with Crippen LogP contribution in [0.3, 0.4) is 0 Å². The molecule has 2 rings (SSSR count). The van der Waals surface area contributed by atoms with Gasteiger partial charge in [0.2, 0.25) is 0 Å². The number of nitrogens with zero attached hydrogens (tertiary/aromatic N) is 1. The second kappa shape index (κ2) is 5.14. The van der Waals surface area contributed by atoms with Crippen molar-refractivity contribution in [3.05, 3.63) is 71.3 Å². The molecular formula is C14H12N2O2. The molecule has 0 saturated heterocycles. The molecule has 4 nitrogen and oxygen atoms in total. The Morgan fingerprint density at radius 2 is 1.50 bits per heavy atom. The van der Waals surface area contributed by atoms with Gasteiger partial charge in [-0.3, -0.25) is 4.79 Å².